The summed E-state index contributed by atoms with van der Waals surface area (Å²) < 4.78 is 6.76. The van der Waals surface area contributed by atoms with E-state index in [9.17, 15) is 10.2 Å². The van der Waals surface area contributed by atoms with Gasteiger partial charge < -0.3 is 14.6 Å². The molecule has 8 atom stereocenters. The molecule has 3 fully saturated rings. The van der Waals surface area contributed by atoms with Crippen molar-refractivity contribution >= 4 is 8.32 Å². The zero-order valence-electron chi connectivity index (χ0n) is 26.4. The second-order valence-corrected chi connectivity index (χ2v) is 20.2. The van der Waals surface area contributed by atoms with Crippen LogP contribution in [0.3, 0.4) is 0 Å². The summed E-state index contributed by atoms with van der Waals surface area (Å²) in [7, 11) is -1.87. The third-order valence-electron chi connectivity index (χ3n) is 11.5. The van der Waals surface area contributed by atoms with Gasteiger partial charge in [-0.15, -0.1) is 0 Å². The Balaban J connectivity index is 1.78. The maximum Gasteiger partial charge on any atom is 0.192 e. The summed E-state index contributed by atoms with van der Waals surface area (Å²) in [4.78, 5) is 0. The summed E-state index contributed by atoms with van der Waals surface area (Å²) in [6.45, 7) is 27.5. The standard InChI is InChI=1S/C34H60O3Si/c1-23(2)24(3)13-14-26(5)29-17-18-30-33(29,9)19-12-20-34(30,36)31(35)22-27-21-28(16-15-25(27)4)37-38(10,11)32(6,7)8/h13-14,22-24,26,28-31,35-36H,4,12,15-21H2,1-3,5-11H3/b14-13+,27-22-/t24-,26+,28+,29+,30+,31?,33+,34?/m1/s1. The number of rotatable bonds is 8. The molecule has 2 unspecified atom stereocenters. The van der Waals surface area contributed by atoms with E-state index in [-0.39, 0.29) is 22.5 Å². The van der Waals surface area contributed by atoms with E-state index in [1.165, 1.54) is 0 Å². The fraction of sp³-hybridized carbons (Fsp3) is 0.824. The Morgan fingerprint density at radius 2 is 1.71 bits per heavy atom. The minimum Gasteiger partial charge on any atom is -0.414 e. The van der Waals surface area contributed by atoms with Crippen LogP contribution in [-0.2, 0) is 4.43 Å². The van der Waals surface area contributed by atoms with Gasteiger partial charge in [0, 0.05) is 6.10 Å². The van der Waals surface area contributed by atoms with Gasteiger partial charge in [0.1, 0.15) is 6.10 Å². The summed E-state index contributed by atoms with van der Waals surface area (Å²) in [6, 6.07) is 0. The molecule has 0 aromatic carbocycles. The third kappa shape index (κ3) is 6.45. The molecular weight excluding hydrogens is 484 g/mol. The molecule has 0 spiro atoms. The van der Waals surface area contributed by atoms with Gasteiger partial charge in [0.2, 0.25) is 0 Å². The van der Waals surface area contributed by atoms with Gasteiger partial charge in [0.25, 0.3) is 0 Å². The van der Waals surface area contributed by atoms with Gasteiger partial charge in [0.05, 0.1) is 5.60 Å². The fourth-order valence-corrected chi connectivity index (χ4v) is 8.89. The second-order valence-electron chi connectivity index (χ2n) is 15.4. The zero-order chi connectivity index (χ0) is 28.7. The number of aliphatic hydroxyl groups is 2. The Morgan fingerprint density at radius 3 is 2.32 bits per heavy atom. The molecule has 0 aliphatic heterocycles. The average molecular weight is 545 g/mol. The lowest BCUT2D eigenvalue weighted by Crippen LogP contribution is -2.56. The lowest BCUT2D eigenvalue weighted by molar-refractivity contribution is -0.155. The molecule has 0 amide bonds. The molecule has 3 aliphatic rings. The van der Waals surface area contributed by atoms with Crippen LogP contribution >= 0.6 is 0 Å². The van der Waals surface area contributed by atoms with Crippen LogP contribution in [0.5, 0.6) is 0 Å². The van der Waals surface area contributed by atoms with Crippen LogP contribution in [0.4, 0.5) is 0 Å². The van der Waals surface area contributed by atoms with Gasteiger partial charge in [-0.1, -0.05) is 79.7 Å². The van der Waals surface area contributed by atoms with Gasteiger partial charge in [-0.3, -0.25) is 0 Å². The molecule has 0 heterocycles. The first kappa shape index (κ1) is 31.8. The van der Waals surface area contributed by atoms with Crippen molar-refractivity contribution in [3.63, 3.8) is 0 Å². The van der Waals surface area contributed by atoms with Gasteiger partial charge in [-0.25, -0.2) is 0 Å². The molecule has 218 valence electrons. The van der Waals surface area contributed by atoms with Crippen molar-refractivity contribution in [1.82, 2.24) is 0 Å². The zero-order valence-corrected chi connectivity index (χ0v) is 27.4. The molecule has 4 heteroatoms. The molecule has 0 aromatic rings. The highest BCUT2D eigenvalue weighted by molar-refractivity contribution is 6.74. The average Bonchev–Trinajstić information content (AvgIpc) is 3.16. The highest BCUT2D eigenvalue weighted by atomic mass is 28.4. The highest BCUT2D eigenvalue weighted by Gasteiger charge is 2.59. The first-order chi connectivity index (χ1) is 17.4. The Bertz CT molecular complexity index is 896. The molecule has 2 N–H and O–H groups in total. The van der Waals surface area contributed by atoms with E-state index in [2.05, 4.69) is 87.2 Å². The summed E-state index contributed by atoms with van der Waals surface area (Å²) in [5.74, 6) is 2.37. The Hall–Kier alpha value is -0.683. The van der Waals surface area contributed by atoms with Crippen LogP contribution in [0.15, 0.2) is 36.0 Å². The van der Waals surface area contributed by atoms with Gasteiger partial charge in [-0.05, 0) is 116 Å². The van der Waals surface area contributed by atoms with Crippen molar-refractivity contribution in [3.05, 3.63) is 36.0 Å². The maximum atomic E-state index is 12.2. The van der Waals surface area contributed by atoms with Crippen LogP contribution in [-0.4, -0.2) is 36.3 Å². The number of allylic oxidation sites excluding steroid dienone is 3. The van der Waals surface area contributed by atoms with Crippen LogP contribution in [0.1, 0.15) is 107 Å². The van der Waals surface area contributed by atoms with Gasteiger partial charge in [0.15, 0.2) is 8.32 Å². The number of hydrogen-bond donors (Lipinski definition) is 2. The second kappa shape index (κ2) is 11.7. The van der Waals surface area contributed by atoms with E-state index >= 15 is 0 Å². The number of hydrogen-bond acceptors (Lipinski definition) is 3. The third-order valence-corrected chi connectivity index (χ3v) is 16.1. The molecule has 0 aromatic heterocycles. The normalized spacial score (nSPS) is 36.6. The van der Waals surface area contributed by atoms with E-state index in [1.807, 2.05) is 6.08 Å². The molecule has 38 heavy (non-hydrogen) atoms. The largest absolute Gasteiger partial charge is 0.414 e. The van der Waals surface area contributed by atoms with E-state index in [1.54, 1.807) is 0 Å². The first-order valence-corrected chi connectivity index (χ1v) is 18.5. The Morgan fingerprint density at radius 1 is 1.05 bits per heavy atom. The highest BCUT2D eigenvalue weighted by Crippen LogP contribution is 2.61. The predicted octanol–water partition coefficient (Wildman–Crippen LogP) is 8.84. The van der Waals surface area contributed by atoms with E-state index < -0.39 is 20.0 Å². The quantitative estimate of drug-likeness (QED) is 0.237. The lowest BCUT2D eigenvalue weighted by atomic mass is 9.56. The molecule has 3 rings (SSSR count). The van der Waals surface area contributed by atoms with E-state index in [4.69, 9.17) is 4.43 Å². The summed E-state index contributed by atoms with van der Waals surface area (Å²) in [5, 5.41) is 24.0. The van der Waals surface area contributed by atoms with Crippen LogP contribution < -0.4 is 0 Å². The van der Waals surface area contributed by atoms with Crippen LogP contribution in [0.2, 0.25) is 18.1 Å². The summed E-state index contributed by atoms with van der Waals surface area (Å²) >= 11 is 0. The molecule has 3 aliphatic carbocycles. The predicted molar refractivity (Wildman–Crippen MR) is 165 cm³/mol. The minimum atomic E-state index is -1.87. The number of aliphatic hydroxyl groups excluding tert-OH is 1. The summed E-state index contributed by atoms with van der Waals surface area (Å²) in [5.41, 5.74) is 1.18. The lowest BCUT2D eigenvalue weighted by Gasteiger charge is -2.52. The van der Waals surface area contributed by atoms with Crippen molar-refractivity contribution in [3.8, 4) is 0 Å². The van der Waals surface area contributed by atoms with Gasteiger partial charge >= 0.3 is 0 Å². The topological polar surface area (TPSA) is 49.7 Å². The first-order valence-electron chi connectivity index (χ1n) is 15.6. The maximum absolute atomic E-state index is 12.2. The van der Waals surface area contributed by atoms with E-state index in [0.717, 1.165) is 56.1 Å². The Labute approximate surface area is 236 Å². The van der Waals surface area contributed by atoms with Crippen LogP contribution in [0.25, 0.3) is 0 Å². The molecule has 3 saturated carbocycles. The SMILES string of the molecule is C=C1CC[C@H](O[Si](C)(C)C(C)(C)C)C/C1=C/C(O)C1(O)CCC[C@]2(C)[C@@H]1CC[C@H]2[C@@H](C)/C=C/[C@@H](C)C(C)C. The van der Waals surface area contributed by atoms with Crippen molar-refractivity contribution in [1.29, 1.82) is 0 Å². The molecular formula is C34H60O3Si. The number of fused-ring (bicyclic) bond motifs is 1. The fourth-order valence-electron chi connectivity index (χ4n) is 7.50. The summed E-state index contributed by atoms with van der Waals surface area (Å²) in [6.07, 6.45) is 13.7. The van der Waals surface area contributed by atoms with Crippen molar-refractivity contribution in [2.75, 3.05) is 0 Å². The van der Waals surface area contributed by atoms with Crippen molar-refractivity contribution in [2.24, 2.45) is 35.0 Å². The molecule has 0 bridgehead atoms. The smallest absolute Gasteiger partial charge is 0.192 e. The minimum absolute atomic E-state index is 0.0505. The van der Waals surface area contributed by atoms with E-state index in [0.29, 0.717) is 30.1 Å². The molecule has 0 saturated heterocycles. The van der Waals surface area contributed by atoms with Crippen LogP contribution in [0, 0.1) is 35.0 Å². The molecule has 3 nitrogen and oxygen atoms in total. The Kier molecular flexibility index (Phi) is 9.77. The van der Waals surface area contributed by atoms with Gasteiger partial charge in [-0.2, -0.15) is 0 Å². The van der Waals surface area contributed by atoms with Crippen molar-refractivity contribution < 1.29 is 14.6 Å². The monoisotopic (exact) mass is 544 g/mol. The molecule has 0 radical (unpaired) electrons. The van der Waals surface area contributed by atoms with Crippen molar-refractivity contribution in [2.45, 2.75) is 143 Å².